The van der Waals surface area contributed by atoms with Gasteiger partial charge in [0, 0.05) is 12.6 Å². The Morgan fingerprint density at radius 3 is 2.66 bits per heavy atom. The SMILES string of the molecule is CCOC[C@@]1(O)CC[C@H]2[C@H](CC[C@@H]3[C@@H]2CC[C@]2(C)[C@@H]([C@@H](C)NC(=O)c4ccccc4F)CC[C@@H]32)C1. The van der Waals surface area contributed by atoms with Crippen molar-refractivity contribution in [3.8, 4) is 0 Å². The Morgan fingerprint density at radius 1 is 1.11 bits per heavy atom. The molecule has 0 aromatic heterocycles. The van der Waals surface area contributed by atoms with Crippen molar-refractivity contribution in [2.24, 2.45) is 40.9 Å². The van der Waals surface area contributed by atoms with Crippen molar-refractivity contribution < 1.29 is 19.0 Å². The first kappa shape index (κ1) is 25.2. The van der Waals surface area contributed by atoms with Gasteiger partial charge in [0.15, 0.2) is 0 Å². The molecule has 0 aliphatic heterocycles. The summed E-state index contributed by atoms with van der Waals surface area (Å²) in [5.41, 5.74) is -0.250. The molecule has 5 heteroatoms. The van der Waals surface area contributed by atoms with Gasteiger partial charge >= 0.3 is 0 Å². The van der Waals surface area contributed by atoms with Crippen LogP contribution in [0.1, 0.15) is 88.9 Å². The molecule has 0 bridgehead atoms. The van der Waals surface area contributed by atoms with Crippen LogP contribution < -0.4 is 5.32 Å². The summed E-state index contributed by atoms with van der Waals surface area (Å²) in [7, 11) is 0. The summed E-state index contributed by atoms with van der Waals surface area (Å²) < 4.78 is 19.8. The molecule has 0 unspecified atom stereocenters. The number of amides is 1. The van der Waals surface area contributed by atoms with Gasteiger partial charge < -0.3 is 15.2 Å². The molecule has 0 radical (unpaired) electrons. The minimum atomic E-state index is -0.627. The van der Waals surface area contributed by atoms with E-state index in [1.807, 2.05) is 6.92 Å². The van der Waals surface area contributed by atoms with Crippen molar-refractivity contribution in [2.45, 2.75) is 90.2 Å². The summed E-state index contributed by atoms with van der Waals surface area (Å²) in [6.45, 7) is 7.76. The molecule has 1 aromatic rings. The Morgan fingerprint density at radius 2 is 1.89 bits per heavy atom. The van der Waals surface area contributed by atoms with Gasteiger partial charge in [0.05, 0.1) is 17.8 Å². The number of rotatable bonds is 6. The van der Waals surface area contributed by atoms with Gasteiger partial charge in [-0.15, -0.1) is 0 Å². The van der Waals surface area contributed by atoms with Crippen LogP contribution in [0.5, 0.6) is 0 Å². The summed E-state index contributed by atoms with van der Waals surface area (Å²) in [6.07, 6.45) is 10.3. The highest BCUT2D eigenvalue weighted by atomic mass is 19.1. The minimum absolute atomic E-state index is 0.0354. The van der Waals surface area contributed by atoms with Gasteiger partial charge in [-0.3, -0.25) is 4.79 Å². The van der Waals surface area contributed by atoms with Crippen molar-refractivity contribution in [2.75, 3.05) is 13.2 Å². The Bertz CT molecular complexity index is 923. The average Bonchev–Trinajstić information content (AvgIpc) is 3.20. The fourth-order valence-corrected chi connectivity index (χ4v) is 9.28. The van der Waals surface area contributed by atoms with Gasteiger partial charge in [-0.2, -0.15) is 0 Å². The Hall–Kier alpha value is -1.46. The van der Waals surface area contributed by atoms with Gasteiger partial charge in [-0.25, -0.2) is 4.39 Å². The Labute approximate surface area is 210 Å². The molecule has 4 fully saturated rings. The molecule has 2 N–H and O–H groups in total. The second-order valence-electron chi connectivity index (χ2n) is 12.5. The number of carbonyl (C=O) groups is 1. The molecule has 1 aromatic carbocycles. The monoisotopic (exact) mass is 485 g/mol. The number of aliphatic hydroxyl groups is 1. The number of fused-ring (bicyclic) bond motifs is 5. The van der Waals surface area contributed by atoms with Crippen LogP contribution in [-0.4, -0.2) is 35.9 Å². The highest BCUT2D eigenvalue weighted by Gasteiger charge is 2.58. The van der Waals surface area contributed by atoms with Gasteiger partial charge in [0.2, 0.25) is 0 Å². The smallest absolute Gasteiger partial charge is 0.254 e. The Balaban J connectivity index is 1.25. The molecule has 1 amide bonds. The highest BCUT2D eigenvalue weighted by molar-refractivity contribution is 5.94. The van der Waals surface area contributed by atoms with E-state index >= 15 is 0 Å². The molecule has 0 saturated heterocycles. The lowest BCUT2D eigenvalue weighted by atomic mass is 9.48. The van der Waals surface area contributed by atoms with Crippen LogP contribution in [0.3, 0.4) is 0 Å². The van der Waals surface area contributed by atoms with Crippen molar-refractivity contribution >= 4 is 5.91 Å². The van der Waals surface area contributed by atoms with Crippen LogP contribution in [0, 0.1) is 46.7 Å². The normalized spacial score (nSPS) is 41.4. The molecule has 0 heterocycles. The van der Waals surface area contributed by atoms with Crippen LogP contribution in [0.4, 0.5) is 4.39 Å². The molecule has 5 rings (SSSR count). The molecule has 9 atom stereocenters. The van der Waals surface area contributed by atoms with E-state index in [0.717, 1.165) is 43.4 Å². The van der Waals surface area contributed by atoms with E-state index < -0.39 is 11.4 Å². The third-order valence-electron chi connectivity index (χ3n) is 10.8. The number of carbonyl (C=O) groups excluding carboxylic acids is 1. The predicted molar refractivity (Wildman–Crippen MR) is 135 cm³/mol. The summed E-state index contributed by atoms with van der Waals surface area (Å²) in [4.78, 5) is 12.8. The number of benzene rings is 1. The lowest BCUT2D eigenvalue weighted by molar-refractivity contribution is -0.128. The van der Waals surface area contributed by atoms with Crippen molar-refractivity contribution in [1.82, 2.24) is 5.32 Å². The molecular weight excluding hydrogens is 441 g/mol. The van der Waals surface area contributed by atoms with Crippen LogP contribution in [0.2, 0.25) is 0 Å². The minimum Gasteiger partial charge on any atom is -0.387 e. The van der Waals surface area contributed by atoms with E-state index in [4.69, 9.17) is 4.74 Å². The first-order valence-corrected chi connectivity index (χ1v) is 14.1. The summed E-state index contributed by atoms with van der Waals surface area (Å²) in [5.74, 6) is 3.34. The number of hydrogen-bond acceptors (Lipinski definition) is 3. The predicted octanol–water partition coefficient (Wildman–Crippen LogP) is 5.98. The standard InChI is InChI=1S/C30H44FNO3/c1-4-35-18-30(34)16-14-21-20(17-30)9-10-23-22(21)13-15-29(3)25(11-12-26(23)29)19(2)32-28(33)24-7-5-6-8-27(24)31/h5-8,19-23,25-26,34H,4,9-18H2,1-3H3,(H,32,33)/t19-,20-,21+,22-,23-,25-,26+,29-,30-/m1/s1. The fraction of sp³-hybridized carbons (Fsp3) is 0.767. The average molecular weight is 486 g/mol. The number of halogens is 1. The van der Waals surface area contributed by atoms with E-state index in [1.165, 1.54) is 38.2 Å². The maximum atomic E-state index is 14.2. The van der Waals surface area contributed by atoms with Gasteiger partial charge in [0.1, 0.15) is 5.82 Å². The van der Waals surface area contributed by atoms with Gasteiger partial charge in [0.25, 0.3) is 5.91 Å². The summed E-state index contributed by atoms with van der Waals surface area (Å²) >= 11 is 0. The first-order chi connectivity index (χ1) is 16.8. The van der Waals surface area contributed by atoms with Crippen LogP contribution >= 0.6 is 0 Å². The maximum Gasteiger partial charge on any atom is 0.254 e. The quantitative estimate of drug-likeness (QED) is 0.521. The van der Waals surface area contributed by atoms with Gasteiger partial charge in [-0.05, 0) is 125 Å². The van der Waals surface area contributed by atoms with E-state index in [-0.39, 0.29) is 22.9 Å². The van der Waals surface area contributed by atoms with Crippen molar-refractivity contribution in [1.29, 1.82) is 0 Å². The van der Waals surface area contributed by atoms with E-state index in [0.29, 0.717) is 31.0 Å². The lowest BCUT2D eigenvalue weighted by Gasteiger charge is -2.57. The van der Waals surface area contributed by atoms with Crippen LogP contribution in [-0.2, 0) is 4.74 Å². The zero-order valence-electron chi connectivity index (χ0n) is 21.8. The molecular formula is C30H44FNO3. The Kier molecular flexibility index (Phi) is 7.04. The first-order valence-electron chi connectivity index (χ1n) is 14.1. The number of nitrogens with one attached hydrogen (secondary N) is 1. The molecule has 194 valence electrons. The van der Waals surface area contributed by atoms with Gasteiger partial charge in [-0.1, -0.05) is 19.1 Å². The zero-order chi connectivity index (χ0) is 24.8. The zero-order valence-corrected chi connectivity index (χ0v) is 21.8. The molecule has 4 aliphatic carbocycles. The van der Waals surface area contributed by atoms with E-state index in [2.05, 4.69) is 19.2 Å². The molecule has 4 saturated carbocycles. The van der Waals surface area contributed by atoms with Crippen LogP contribution in [0.15, 0.2) is 24.3 Å². The molecule has 4 nitrogen and oxygen atoms in total. The van der Waals surface area contributed by atoms with Crippen LogP contribution in [0.25, 0.3) is 0 Å². The second kappa shape index (κ2) is 9.78. The molecule has 4 aliphatic rings. The summed E-state index contributed by atoms with van der Waals surface area (Å²) in [5, 5.41) is 14.3. The maximum absolute atomic E-state index is 14.2. The lowest BCUT2D eigenvalue weighted by Crippen LogP contribution is -2.53. The number of ether oxygens (including phenoxy) is 1. The second-order valence-corrected chi connectivity index (χ2v) is 12.5. The van der Waals surface area contributed by atoms with E-state index in [9.17, 15) is 14.3 Å². The van der Waals surface area contributed by atoms with Crippen molar-refractivity contribution in [3.63, 3.8) is 0 Å². The van der Waals surface area contributed by atoms with E-state index in [1.54, 1.807) is 18.2 Å². The van der Waals surface area contributed by atoms with Crippen molar-refractivity contribution in [3.05, 3.63) is 35.6 Å². The topological polar surface area (TPSA) is 58.6 Å². The fourth-order valence-electron chi connectivity index (χ4n) is 9.28. The largest absolute Gasteiger partial charge is 0.387 e. The number of hydrogen-bond donors (Lipinski definition) is 2. The third kappa shape index (κ3) is 4.56. The summed E-state index contributed by atoms with van der Waals surface area (Å²) in [6, 6.07) is 6.30. The molecule has 35 heavy (non-hydrogen) atoms. The third-order valence-corrected chi connectivity index (χ3v) is 10.8. The highest BCUT2D eigenvalue weighted by Crippen LogP contribution is 2.65. The molecule has 0 spiro atoms.